The summed E-state index contributed by atoms with van der Waals surface area (Å²) in [6.45, 7) is 5.87. The molecule has 1 nitrogen and oxygen atoms in total. The van der Waals surface area contributed by atoms with Crippen molar-refractivity contribution < 1.29 is 4.79 Å². The van der Waals surface area contributed by atoms with Gasteiger partial charge < -0.3 is 0 Å². The predicted octanol–water partition coefficient (Wildman–Crippen LogP) is 2.82. The molecule has 0 aliphatic rings. The molecular weight excluding hydrogens is 160 g/mol. The van der Waals surface area contributed by atoms with Crippen molar-refractivity contribution in [2.24, 2.45) is 0 Å². The fourth-order valence-corrected chi connectivity index (χ4v) is 0.963. The Morgan fingerprint density at radius 3 is 2.38 bits per heavy atom. The van der Waals surface area contributed by atoms with E-state index < -0.39 is 0 Å². The van der Waals surface area contributed by atoms with Gasteiger partial charge in [0, 0.05) is 11.1 Å². The van der Waals surface area contributed by atoms with Gasteiger partial charge in [-0.3, -0.25) is 4.79 Å². The van der Waals surface area contributed by atoms with Gasteiger partial charge in [0.2, 0.25) is 0 Å². The molecule has 1 aromatic carbocycles. The monoisotopic (exact) mass is 174 g/mol. The second-order valence-electron chi connectivity index (χ2n) is 2.30. The minimum Gasteiger partial charge on any atom is -0.298 e. The third-order valence-electron chi connectivity index (χ3n) is 1.60. The Kier molecular flexibility index (Phi) is 5.30. The summed E-state index contributed by atoms with van der Waals surface area (Å²) in [5.41, 5.74) is 2.21. The van der Waals surface area contributed by atoms with E-state index in [-0.39, 0.29) is 0 Å². The van der Waals surface area contributed by atoms with Gasteiger partial charge in [-0.05, 0) is 18.6 Å². The number of aldehydes is 1. The lowest BCUT2D eigenvalue weighted by molar-refractivity contribution is 0.112. The number of carbonyl (C=O) groups is 1. The molecule has 1 aromatic rings. The molecular formula is C12H14O. The molecule has 0 saturated heterocycles. The van der Waals surface area contributed by atoms with Crippen molar-refractivity contribution in [1.29, 1.82) is 0 Å². The minimum atomic E-state index is 0.620. The molecule has 0 fully saturated rings. The smallest absolute Gasteiger partial charge is 0.151 e. The third kappa shape index (κ3) is 2.76. The highest BCUT2D eigenvalue weighted by molar-refractivity contribution is 5.81. The maximum Gasteiger partial charge on any atom is 0.151 e. The first kappa shape index (κ1) is 11.4. The van der Waals surface area contributed by atoms with Gasteiger partial charge >= 0.3 is 0 Å². The summed E-state index contributed by atoms with van der Waals surface area (Å²) >= 11 is 0. The van der Waals surface area contributed by atoms with Crippen LogP contribution in [0.3, 0.4) is 0 Å². The molecule has 0 spiro atoms. The van der Waals surface area contributed by atoms with Crippen LogP contribution in [0.25, 0.3) is 0 Å². The first-order chi connectivity index (χ1) is 6.29. The van der Waals surface area contributed by atoms with Gasteiger partial charge in [0.1, 0.15) is 0 Å². The number of benzene rings is 1. The maximum atomic E-state index is 10.5. The quantitative estimate of drug-likeness (QED) is 0.472. The summed E-state index contributed by atoms with van der Waals surface area (Å²) < 4.78 is 0. The largest absolute Gasteiger partial charge is 0.298 e. The molecule has 0 unspecified atom stereocenters. The first-order valence-electron chi connectivity index (χ1n) is 4.31. The van der Waals surface area contributed by atoms with Crippen LogP contribution in [0, 0.1) is 19.3 Å². The Labute approximate surface area is 79.8 Å². The van der Waals surface area contributed by atoms with Crippen LogP contribution in [0.1, 0.15) is 35.3 Å². The van der Waals surface area contributed by atoms with Crippen LogP contribution in [0.2, 0.25) is 0 Å². The average Bonchev–Trinajstić information content (AvgIpc) is 2.20. The Morgan fingerprint density at radius 2 is 2.00 bits per heavy atom. The van der Waals surface area contributed by atoms with Gasteiger partial charge in [0.05, 0.1) is 0 Å². The van der Waals surface area contributed by atoms with Gasteiger partial charge in [0.15, 0.2) is 6.29 Å². The Bertz CT molecular complexity index is 318. The van der Waals surface area contributed by atoms with E-state index in [1.807, 2.05) is 32.9 Å². The van der Waals surface area contributed by atoms with Crippen LogP contribution in [0.4, 0.5) is 0 Å². The second kappa shape index (κ2) is 6.02. The molecule has 1 heteroatoms. The lowest BCUT2D eigenvalue weighted by Gasteiger charge is -1.99. The summed E-state index contributed by atoms with van der Waals surface area (Å²) in [5, 5.41) is 0. The number of hydrogen-bond donors (Lipinski definition) is 0. The summed E-state index contributed by atoms with van der Waals surface area (Å²) in [4.78, 5) is 10.5. The van der Waals surface area contributed by atoms with E-state index in [2.05, 4.69) is 5.92 Å². The van der Waals surface area contributed by atoms with E-state index in [4.69, 9.17) is 6.42 Å². The van der Waals surface area contributed by atoms with E-state index in [1.165, 1.54) is 0 Å². The molecule has 0 atom stereocenters. The third-order valence-corrected chi connectivity index (χ3v) is 1.60. The topological polar surface area (TPSA) is 17.1 Å². The molecule has 0 N–H and O–H groups in total. The molecule has 0 aliphatic heterocycles. The Hall–Kier alpha value is -1.55. The van der Waals surface area contributed by atoms with Crippen molar-refractivity contribution in [2.75, 3.05) is 0 Å². The fraction of sp³-hybridized carbons (Fsp3) is 0.250. The van der Waals surface area contributed by atoms with Gasteiger partial charge in [0.25, 0.3) is 0 Å². The average molecular weight is 174 g/mol. The highest BCUT2D eigenvalue weighted by Gasteiger charge is 1.99. The molecule has 0 amide bonds. The summed E-state index contributed by atoms with van der Waals surface area (Å²) in [5.74, 6) is 2.46. The molecule has 0 radical (unpaired) electrons. The van der Waals surface area contributed by atoms with E-state index in [9.17, 15) is 4.79 Å². The van der Waals surface area contributed by atoms with Gasteiger partial charge in [-0.25, -0.2) is 0 Å². The number of hydrogen-bond acceptors (Lipinski definition) is 1. The fourth-order valence-electron chi connectivity index (χ4n) is 0.963. The lowest BCUT2D eigenvalue weighted by Crippen LogP contribution is -1.90. The van der Waals surface area contributed by atoms with Crippen LogP contribution < -0.4 is 0 Å². The molecule has 13 heavy (non-hydrogen) atoms. The van der Waals surface area contributed by atoms with Crippen LogP contribution >= 0.6 is 0 Å². The van der Waals surface area contributed by atoms with Crippen molar-refractivity contribution in [3.63, 3.8) is 0 Å². The normalized spacial score (nSPS) is 7.85. The summed E-state index contributed by atoms with van der Waals surface area (Å²) in [6.07, 6.45) is 5.98. The zero-order chi connectivity index (χ0) is 10.3. The maximum absolute atomic E-state index is 10.5. The molecule has 0 bridgehead atoms. The standard InChI is InChI=1S/C10H8O.C2H6/c1-3-9-6-4-5-8(2)10(9)7-11;1-2/h1,4-7H,2H3;1-2H3. The van der Waals surface area contributed by atoms with Crippen LogP contribution in [-0.2, 0) is 0 Å². The first-order valence-corrected chi connectivity index (χ1v) is 4.31. The SMILES string of the molecule is C#Cc1cccc(C)c1C=O.CC. The van der Waals surface area contributed by atoms with E-state index in [1.54, 1.807) is 6.07 Å². The van der Waals surface area contributed by atoms with Crippen LogP contribution in [0.15, 0.2) is 18.2 Å². The zero-order valence-electron chi connectivity index (χ0n) is 8.29. The number of rotatable bonds is 1. The molecule has 0 heterocycles. The number of terminal acetylenes is 1. The molecule has 0 aliphatic carbocycles. The van der Waals surface area contributed by atoms with Gasteiger partial charge in [-0.1, -0.05) is 31.9 Å². The summed E-state index contributed by atoms with van der Waals surface area (Å²) in [6, 6.07) is 5.47. The highest BCUT2D eigenvalue weighted by Crippen LogP contribution is 2.09. The van der Waals surface area contributed by atoms with Crippen molar-refractivity contribution in [3.05, 3.63) is 34.9 Å². The number of carbonyl (C=O) groups excluding carboxylic acids is 1. The van der Waals surface area contributed by atoms with Crippen molar-refractivity contribution in [3.8, 4) is 12.3 Å². The van der Waals surface area contributed by atoms with Crippen molar-refractivity contribution >= 4 is 6.29 Å². The second-order valence-corrected chi connectivity index (χ2v) is 2.30. The Balaban J connectivity index is 0.000000671. The molecule has 1 rings (SSSR count). The Morgan fingerprint density at radius 1 is 1.38 bits per heavy atom. The van der Waals surface area contributed by atoms with Crippen molar-refractivity contribution in [1.82, 2.24) is 0 Å². The van der Waals surface area contributed by atoms with Crippen molar-refractivity contribution in [2.45, 2.75) is 20.8 Å². The van der Waals surface area contributed by atoms with Crippen LogP contribution in [-0.4, -0.2) is 6.29 Å². The summed E-state index contributed by atoms with van der Waals surface area (Å²) in [7, 11) is 0. The molecule has 0 saturated carbocycles. The zero-order valence-corrected chi connectivity index (χ0v) is 8.29. The van der Waals surface area contributed by atoms with Gasteiger partial charge in [-0.2, -0.15) is 0 Å². The van der Waals surface area contributed by atoms with E-state index >= 15 is 0 Å². The van der Waals surface area contributed by atoms with E-state index in [0.29, 0.717) is 11.1 Å². The molecule has 0 aromatic heterocycles. The number of aryl methyl sites for hydroxylation is 1. The predicted molar refractivity (Wildman–Crippen MR) is 55.8 cm³/mol. The van der Waals surface area contributed by atoms with Crippen LogP contribution in [0.5, 0.6) is 0 Å². The van der Waals surface area contributed by atoms with Gasteiger partial charge in [-0.15, -0.1) is 6.42 Å². The van der Waals surface area contributed by atoms with E-state index in [0.717, 1.165) is 11.8 Å². The highest BCUT2D eigenvalue weighted by atomic mass is 16.1. The lowest BCUT2D eigenvalue weighted by atomic mass is 10.0. The molecule has 68 valence electrons. The minimum absolute atomic E-state index is 0.620.